The Morgan fingerprint density at radius 3 is 2.43 bits per heavy atom. The van der Waals surface area contributed by atoms with Gasteiger partial charge in [0, 0.05) is 45.7 Å². The first kappa shape index (κ1) is 16.8. The molecule has 0 aliphatic carbocycles. The lowest BCUT2D eigenvalue weighted by atomic mass is 10.1. The van der Waals surface area contributed by atoms with Gasteiger partial charge >= 0.3 is 0 Å². The Bertz CT molecular complexity index is 315. The number of hydrogen-bond acceptors (Lipinski definition) is 3. The lowest BCUT2D eigenvalue weighted by molar-refractivity contribution is -0.130. The van der Waals surface area contributed by atoms with E-state index in [1.807, 2.05) is 0 Å². The summed E-state index contributed by atoms with van der Waals surface area (Å²) in [4.78, 5) is 19.4. The summed E-state index contributed by atoms with van der Waals surface area (Å²) in [7, 11) is 0. The number of piperidine rings is 1. The molecule has 2 fully saturated rings. The van der Waals surface area contributed by atoms with Gasteiger partial charge < -0.3 is 14.7 Å². The highest BCUT2D eigenvalue weighted by molar-refractivity contribution is 5.76. The zero-order valence-electron chi connectivity index (χ0n) is 14.0. The van der Waals surface area contributed by atoms with Crippen LogP contribution in [0, 0.1) is 5.92 Å². The summed E-state index contributed by atoms with van der Waals surface area (Å²) in [5.41, 5.74) is 0. The maximum Gasteiger partial charge on any atom is 0.223 e. The Hall–Kier alpha value is -0.610. The van der Waals surface area contributed by atoms with E-state index in [0.717, 1.165) is 45.2 Å². The third-order valence-corrected chi connectivity index (χ3v) is 5.08. The van der Waals surface area contributed by atoms with Crippen LogP contribution in [-0.2, 0) is 4.79 Å². The maximum atomic E-state index is 12.3. The molecule has 0 aromatic heterocycles. The fraction of sp³-hybridized carbons (Fsp3) is 0.941. The van der Waals surface area contributed by atoms with Gasteiger partial charge in [0.25, 0.3) is 0 Å². The van der Waals surface area contributed by atoms with Gasteiger partial charge in [0.05, 0.1) is 0 Å². The summed E-state index contributed by atoms with van der Waals surface area (Å²) >= 11 is 0. The Morgan fingerprint density at radius 2 is 1.71 bits per heavy atom. The van der Waals surface area contributed by atoms with Crippen molar-refractivity contribution < 1.29 is 4.79 Å². The standard InChI is InChI=1S/C17H33N3O/c1-3-16(2)15-19-10-7-17(21)20(14-12-19)13-11-18-8-5-4-6-9-18/h16H,3-15H2,1-2H3. The van der Waals surface area contributed by atoms with E-state index < -0.39 is 0 Å². The van der Waals surface area contributed by atoms with Gasteiger partial charge in [-0.2, -0.15) is 0 Å². The lowest BCUT2D eigenvalue weighted by Gasteiger charge is -2.29. The summed E-state index contributed by atoms with van der Waals surface area (Å²) in [6, 6.07) is 0. The third kappa shape index (κ3) is 5.59. The number of carbonyl (C=O) groups excluding carboxylic acids is 1. The second-order valence-electron chi connectivity index (χ2n) is 6.85. The average molecular weight is 295 g/mol. The van der Waals surface area contributed by atoms with Crippen molar-refractivity contribution in [2.75, 3.05) is 52.4 Å². The molecule has 0 bridgehead atoms. The van der Waals surface area contributed by atoms with Crippen molar-refractivity contribution in [1.82, 2.24) is 14.7 Å². The molecule has 0 saturated carbocycles. The van der Waals surface area contributed by atoms with Crippen LogP contribution in [0.3, 0.4) is 0 Å². The van der Waals surface area contributed by atoms with Gasteiger partial charge in [0.2, 0.25) is 5.91 Å². The second-order valence-corrected chi connectivity index (χ2v) is 6.85. The third-order valence-electron chi connectivity index (χ3n) is 5.08. The summed E-state index contributed by atoms with van der Waals surface area (Å²) < 4.78 is 0. The molecule has 0 spiro atoms. The van der Waals surface area contributed by atoms with E-state index in [2.05, 4.69) is 28.5 Å². The molecule has 2 saturated heterocycles. The lowest BCUT2D eigenvalue weighted by Crippen LogP contribution is -2.41. The van der Waals surface area contributed by atoms with E-state index >= 15 is 0 Å². The molecule has 0 aromatic carbocycles. The van der Waals surface area contributed by atoms with Gasteiger partial charge in [-0.25, -0.2) is 0 Å². The predicted octanol–water partition coefficient (Wildman–Crippen LogP) is 2.05. The topological polar surface area (TPSA) is 26.8 Å². The van der Waals surface area contributed by atoms with Crippen molar-refractivity contribution in [3.05, 3.63) is 0 Å². The van der Waals surface area contributed by atoms with Gasteiger partial charge in [-0.15, -0.1) is 0 Å². The van der Waals surface area contributed by atoms with Gasteiger partial charge in [-0.05, 0) is 31.8 Å². The van der Waals surface area contributed by atoms with Crippen LogP contribution < -0.4 is 0 Å². The number of likely N-dealkylation sites (tertiary alicyclic amines) is 1. The van der Waals surface area contributed by atoms with E-state index in [1.54, 1.807) is 0 Å². The van der Waals surface area contributed by atoms with Crippen LogP contribution in [0.1, 0.15) is 46.0 Å². The SMILES string of the molecule is CCC(C)CN1CCC(=O)N(CCN2CCCCC2)CC1. The van der Waals surface area contributed by atoms with Crippen LogP contribution in [0.4, 0.5) is 0 Å². The predicted molar refractivity (Wildman–Crippen MR) is 87.4 cm³/mol. The first-order valence-electron chi connectivity index (χ1n) is 8.91. The van der Waals surface area contributed by atoms with E-state index in [4.69, 9.17) is 0 Å². The maximum absolute atomic E-state index is 12.3. The van der Waals surface area contributed by atoms with E-state index in [-0.39, 0.29) is 0 Å². The van der Waals surface area contributed by atoms with Gasteiger partial charge in [-0.3, -0.25) is 4.79 Å². The van der Waals surface area contributed by atoms with Crippen LogP contribution in [-0.4, -0.2) is 73.0 Å². The summed E-state index contributed by atoms with van der Waals surface area (Å²) in [5.74, 6) is 1.10. The van der Waals surface area contributed by atoms with Crippen molar-refractivity contribution in [2.24, 2.45) is 5.92 Å². The van der Waals surface area contributed by atoms with Gasteiger partial charge in [-0.1, -0.05) is 26.7 Å². The smallest absolute Gasteiger partial charge is 0.223 e. The zero-order valence-corrected chi connectivity index (χ0v) is 14.0. The van der Waals surface area contributed by atoms with Crippen LogP contribution in [0.2, 0.25) is 0 Å². The molecule has 4 heteroatoms. The average Bonchev–Trinajstić information content (AvgIpc) is 2.68. The molecule has 2 aliphatic heterocycles. The molecule has 2 aliphatic rings. The van der Waals surface area contributed by atoms with Gasteiger partial charge in [0.1, 0.15) is 0 Å². The Labute approximate surface area is 130 Å². The summed E-state index contributed by atoms with van der Waals surface area (Å²) in [6.45, 7) is 13.1. The normalized spacial score (nSPS) is 24.1. The molecule has 1 unspecified atom stereocenters. The molecule has 0 radical (unpaired) electrons. The number of amides is 1. The molecule has 0 N–H and O–H groups in total. The molecule has 4 nitrogen and oxygen atoms in total. The van der Waals surface area contributed by atoms with Crippen molar-refractivity contribution in [2.45, 2.75) is 46.0 Å². The zero-order chi connectivity index (χ0) is 15.1. The van der Waals surface area contributed by atoms with Crippen molar-refractivity contribution in [3.8, 4) is 0 Å². The Balaban J connectivity index is 1.74. The first-order valence-corrected chi connectivity index (χ1v) is 8.91. The fourth-order valence-electron chi connectivity index (χ4n) is 3.34. The largest absolute Gasteiger partial charge is 0.340 e. The molecule has 1 atom stereocenters. The monoisotopic (exact) mass is 295 g/mol. The van der Waals surface area contributed by atoms with Crippen molar-refractivity contribution >= 4 is 5.91 Å². The summed E-state index contributed by atoms with van der Waals surface area (Å²) in [5, 5.41) is 0. The highest BCUT2D eigenvalue weighted by Crippen LogP contribution is 2.11. The molecule has 0 aromatic rings. The molecular formula is C17H33N3O. The van der Waals surface area contributed by atoms with E-state index in [1.165, 1.54) is 38.8 Å². The number of carbonyl (C=O) groups is 1. The molecule has 122 valence electrons. The number of nitrogens with zero attached hydrogens (tertiary/aromatic N) is 3. The minimum Gasteiger partial charge on any atom is -0.340 e. The van der Waals surface area contributed by atoms with Gasteiger partial charge in [0.15, 0.2) is 0 Å². The van der Waals surface area contributed by atoms with Crippen LogP contribution in [0.5, 0.6) is 0 Å². The minimum absolute atomic E-state index is 0.360. The van der Waals surface area contributed by atoms with Crippen LogP contribution >= 0.6 is 0 Å². The van der Waals surface area contributed by atoms with Crippen molar-refractivity contribution in [1.29, 1.82) is 0 Å². The van der Waals surface area contributed by atoms with Crippen molar-refractivity contribution in [3.63, 3.8) is 0 Å². The van der Waals surface area contributed by atoms with Crippen LogP contribution in [0.15, 0.2) is 0 Å². The quantitative estimate of drug-likeness (QED) is 0.750. The molecule has 2 rings (SSSR count). The molecular weight excluding hydrogens is 262 g/mol. The highest BCUT2D eigenvalue weighted by atomic mass is 16.2. The molecule has 21 heavy (non-hydrogen) atoms. The molecule has 2 heterocycles. The number of rotatable bonds is 6. The Kier molecular flexibility index (Phi) is 6.97. The summed E-state index contributed by atoms with van der Waals surface area (Å²) in [6.07, 6.45) is 5.97. The van der Waals surface area contributed by atoms with Crippen LogP contribution in [0.25, 0.3) is 0 Å². The van der Waals surface area contributed by atoms with E-state index in [9.17, 15) is 4.79 Å². The van der Waals surface area contributed by atoms with E-state index in [0.29, 0.717) is 12.3 Å². The number of hydrogen-bond donors (Lipinski definition) is 0. The highest BCUT2D eigenvalue weighted by Gasteiger charge is 2.22. The second kappa shape index (κ2) is 8.74. The fourth-order valence-corrected chi connectivity index (χ4v) is 3.34. The Morgan fingerprint density at radius 1 is 0.952 bits per heavy atom. The molecule has 1 amide bonds. The minimum atomic E-state index is 0.360. The first-order chi connectivity index (χ1) is 10.2.